The monoisotopic (exact) mass is 340 g/mol. The average Bonchev–Trinajstić information content (AvgIpc) is 2.49. The van der Waals surface area contributed by atoms with Gasteiger partial charge in [-0.3, -0.25) is 9.59 Å². The molecule has 2 N–H and O–H groups in total. The minimum atomic E-state index is -0.880. The van der Waals surface area contributed by atoms with Gasteiger partial charge in [-0.05, 0) is 11.6 Å². The first-order chi connectivity index (χ1) is 11.0. The van der Waals surface area contributed by atoms with Crippen molar-refractivity contribution in [1.29, 1.82) is 0 Å². The first-order valence-electron chi connectivity index (χ1n) is 7.38. The molecule has 0 radical (unpaired) electrons. The van der Waals surface area contributed by atoms with Crippen LogP contribution in [0.2, 0.25) is 5.02 Å². The van der Waals surface area contributed by atoms with Crippen LogP contribution in [0.3, 0.4) is 0 Å². The molecule has 6 nitrogen and oxygen atoms in total. The Morgan fingerprint density at radius 2 is 2.17 bits per heavy atom. The summed E-state index contributed by atoms with van der Waals surface area (Å²) in [4.78, 5) is 25.6. The van der Waals surface area contributed by atoms with Gasteiger partial charge in [0.05, 0.1) is 32.6 Å². The summed E-state index contributed by atoms with van der Waals surface area (Å²) in [7, 11) is 1.52. The number of carbonyl (C=O) groups excluding carboxylic acids is 2. The van der Waals surface area contributed by atoms with Crippen molar-refractivity contribution in [2.75, 3.05) is 33.4 Å². The standard InChI is InChI=1S/C16H21ClN2O4/c1-22-11-16(9-14(18)20)10-19(6-7-23-16)15(21)8-12-4-2-3-5-13(12)17/h2-5H,6-11H2,1H3,(H2,18,20). The van der Waals surface area contributed by atoms with Crippen molar-refractivity contribution >= 4 is 23.4 Å². The van der Waals surface area contributed by atoms with E-state index in [1.54, 1.807) is 11.0 Å². The van der Waals surface area contributed by atoms with Crippen LogP contribution in [-0.2, 0) is 25.5 Å². The average molecular weight is 341 g/mol. The highest BCUT2D eigenvalue weighted by atomic mass is 35.5. The number of benzene rings is 1. The SMILES string of the molecule is COCC1(CC(N)=O)CN(C(=O)Cc2ccccc2Cl)CCO1. The van der Waals surface area contributed by atoms with Crippen LogP contribution >= 0.6 is 11.6 Å². The van der Waals surface area contributed by atoms with Gasteiger partial charge < -0.3 is 20.1 Å². The highest BCUT2D eigenvalue weighted by Crippen LogP contribution is 2.24. The number of rotatable bonds is 6. The molecule has 1 fully saturated rings. The Balaban J connectivity index is 2.08. The number of amides is 2. The van der Waals surface area contributed by atoms with Gasteiger partial charge in [0.2, 0.25) is 11.8 Å². The molecule has 2 rings (SSSR count). The largest absolute Gasteiger partial charge is 0.382 e. The normalized spacial score (nSPS) is 21.2. The number of carbonyl (C=O) groups is 2. The summed E-state index contributed by atoms with van der Waals surface area (Å²) in [6, 6.07) is 7.25. The summed E-state index contributed by atoms with van der Waals surface area (Å²) in [5.74, 6) is -0.547. The molecular formula is C16H21ClN2O4. The number of nitrogens with two attached hydrogens (primary N) is 1. The Bertz CT molecular complexity index is 577. The maximum atomic E-state index is 12.6. The van der Waals surface area contributed by atoms with E-state index >= 15 is 0 Å². The molecule has 1 saturated heterocycles. The van der Waals surface area contributed by atoms with Crippen LogP contribution < -0.4 is 5.73 Å². The zero-order valence-corrected chi connectivity index (χ0v) is 13.8. The molecule has 1 aromatic rings. The van der Waals surface area contributed by atoms with Crippen molar-refractivity contribution in [3.63, 3.8) is 0 Å². The molecule has 7 heteroatoms. The van der Waals surface area contributed by atoms with Gasteiger partial charge >= 0.3 is 0 Å². The topological polar surface area (TPSA) is 81.9 Å². The lowest BCUT2D eigenvalue weighted by Crippen LogP contribution is -2.57. The van der Waals surface area contributed by atoms with Crippen LogP contribution in [0.5, 0.6) is 0 Å². The van der Waals surface area contributed by atoms with Crippen molar-refractivity contribution in [2.45, 2.75) is 18.4 Å². The van der Waals surface area contributed by atoms with Crippen molar-refractivity contribution in [1.82, 2.24) is 4.90 Å². The fraction of sp³-hybridized carbons (Fsp3) is 0.500. The number of halogens is 1. The van der Waals surface area contributed by atoms with E-state index in [1.807, 2.05) is 18.2 Å². The van der Waals surface area contributed by atoms with Crippen molar-refractivity contribution in [3.8, 4) is 0 Å². The number of hydrogen-bond donors (Lipinski definition) is 1. The summed E-state index contributed by atoms with van der Waals surface area (Å²) in [5.41, 5.74) is 5.20. The lowest BCUT2D eigenvalue weighted by Gasteiger charge is -2.41. The van der Waals surface area contributed by atoms with Crippen LogP contribution in [0, 0.1) is 0 Å². The maximum absolute atomic E-state index is 12.6. The van der Waals surface area contributed by atoms with E-state index in [2.05, 4.69) is 0 Å². The molecule has 1 atom stereocenters. The third-order valence-corrected chi connectivity index (χ3v) is 4.17. The van der Waals surface area contributed by atoms with Crippen LogP contribution in [0.15, 0.2) is 24.3 Å². The van der Waals surface area contributed by atoms with Crippen LogP contribution in [0.4, 0.5) is 0 Å². The highest BCUT2D eigenvalue weighted by molar-refractivity contribution is 6.31. The van der Waals surface area contributed by atoms with Gasteiger partial charge in [0, 0.05) is 18.7 Å². The summed E-state index contributed by atoms with van der Waals surface area (Å²) < 4.78 is 10.9. The predicted molar refractivity (Wildman–Crippen MR) is 86.1 cm³/mol. The van der Waals surface area contributed by atoms with E-state index in [0.29, 0.717) is 18.2 Å². The first kappa shape index (κ1) is 17.7. The summed E-state index contributed by atoms with van der Waals surface area (Å²) in [6.45, 7) is 1.28. The second-order valence-electron chi connectivity index (χ2n) is 5.69. The number of nitrogens with zero attached hydrogens (tertiary/aromatic N) is 1. The number of ether oxygens (including phenoxy) is 2. The van der Waals surface area contributed by atoms with Crippen molar-refractivity contribution < 1.29 is 19.1 Å². The Kier molecular flexibility index (Phi) is 5.98. The first-order valence-corrected chi connectivity index (χ1v) is 7.76. The molecule has 1 aliphatic rings. The predicted octanol–water partition coefficient (Wildman–Crippen LogP) is 1.00. The zero-order chi connectivity index (χ0) is 16.9. The van der Waals surface area contributed by atoms with Gasteiger partial charge in [-0.15, -0.1) is 0 Å². The molecule has 0 spiro atoms. The molecule has 0 aromatic heterocycles. The van der Waals surface area contributed by atoms with E-state index < -0.39 is 11.5 Å². The van der Waals surface area contributed by atoms with Crippen molar-refractivity contribution in [3.05, 3.63) is 34.9 Å². The quantitative estimate of drug-likeness (QED) is 0.837. The smallest absolute Gasteiger partial charge is 0.227 e. The summed E-state index contributed by atoms with van der Waals surface area (Å²) >= 11 is 6.11. The van der Waals surface area contributed by atoms with Gasteiger partial charge in [-0.1, -0.05) is 29.8 Å². The molecular weight excluding hydrogens is 320 g/mol. The molecule has 1 aromatic carbocycles. The van der Waals surface area contributed by atoms with Gasteiger partial charge in [-0.2, -0.15) is 0 Å². The number of methoxy groups -OCH3 is 1. The molecule has 1 unspecified atom stereocenters. The highest BCUT2D eigenvalue weighted by Gasteiger charge is 2.40. The lowest BCUT2D eigenvalue weighted by molar-refractivity contribution is -0.165. The van der Waals surface area contributed by atoms with Gasteiger partial charge in [0.1, 0.15) is 5.60 Å². The summed E-state index contributed by atoms with van der Waals surface area (Å²) in [5, 5.41) is 0.564. The van der Waals surface area contributed by atoms with Gasteiger partial charge in [0.25, 0.3) is 0 Å². The van der Waals surface area contributed by atoms with Crippen LogP contribution in [0.25, 0.3) is 0 Å². The van der Waals surface area contributed by atoms with E-state index in [9.17, 15) is 9.59 Å². The molecule has 2 amide bonds. The number of primary amides is 1. The molecule has 0 bridgehead atoms. The Morgan fingerprint density at radius 1 is 1.43 bits per heavy atom. The van der Waals surface area contributed by atoms with Gasteiger partial charge in [0.15, 0.2) is 0 Å². The lowest BCUT2D eigenvalue weighted by atomic mass is 9.97. The Morgan fingerprint density at radius 3 is 2.83 bits per heavy atom. The maximum Gasteiger partial charge on any atom is 0.227 e. The van der Waals surface area contributed by atoms with Crippen molar-refractivity contribution in [2.24, 2.45) is 5.73 Å². The number of hydrogen-bond acceptors (Lipinski definition) is 4. The molecule has 1 heterocycles. The van der Waals surface area contributed by atoms with Crippen LogP contribution in [0.1, 0.15) is 12.0 Å². The fourth-order valence-corrected chi connectivity index (χ4v) is 3.00. The van der Waals surface area contributed by atoms with E-state index in [0.717, 1.165) is 5.56 Å². The number of morpholine rings is 1. The second-order valence-corrected chi connectivity index (χ2v) is 6.10. The summed E-state index contributed by atoms with van der Waals surface area (Å²) in [6.07, 6.45) is 0.218. The third kappa shape index (κ3) is 4.67. The Hall–Kier alpha value is -1.63. The van der Waals surface area contributed by atoms with E-state index in [4.69, 9.17) is 26.8 Å². The molecule has 23 heavy (non-hydrogen) atoms. The minimum Gasteiger partial charge on any atom is -0.382 e. The third-order valence-electron chi connectivity index (χ3n) is 3.80. The van der Waals surface area contributed by atoms with E-state index in [1.165, 1.54) is 7.11 Å². The van der Waals surface area contributed by atoms with Crippen LogP contribution in [-0.4, -0.2) is 55.7 Å². The fourth-order valence-electron chi connectivity index (χ4n) is 2.80. The second kappa shape index (κ2) is 7.77. The molecule has 1 aliphatic heterocycles. The zero-order valence-electron chi connectivity index (χ0n) is 13.1. The molecule has 0 aliphatic carbocycles. The molecule has 0 saturated carbocycles. The minimum absolute atomic E-state index is 0.0106. The molecule has 126 valence electrons. The van der Waals surface area contributed by atoms with E-state index in [-0.39, 0.29) is 31.9 Å². The van der Waals surface area contributed by atoms with Gasteiger partial charge in [-0.25, -0.2) is 0 Å². The Labute approximate surface area is 140 Å².